The van der Waals surface area contributed by atoms with Crippen molar-refractivity contribution in [3.63, 3.8) is 0 Å². The fraction of sp³-hybridized carbons (Fsp3) is 0.857. The zero-order chi connectivity index (χ0) is 11.1. The molecule has 1 saturated carbocycles. The molecule has 1 aliphatic carbocycles. The van der Waals surface area contributed by atoms with Crippen LogP contribution in [0.15, 0.2) is 12.2 Å². The van der Waals surface area contributed by atoms with Gasteiger partial charge in [0.05, 0.1) is 12.2 Å². The summed E-state index contributed by atoms with van der Waals surface area (Å²) in [4.78, 5) is 0. The van der Waals surface area contributed by atoms with E-state index in [1.54, 1.807) is 0 Å². The van der Waals surface area contributed by atoms with Crippen LogP contribution in [-0.2, 0) is 4.74 Å². The second-order valence-electron chi connectivity index (χ2n) is 6.56. The Balaban J connectivity index is 2.16. The van der Waals surface area contributed by atoms with Gasteiger partial charge in [-0.3, -0.25) is 0 Å². The van der Waals surface area contributed by atoms with Gasteiger partial charge in [0, 0.05) is 0 Å². The van der Waals surface area contributed by atoms with E-state index in [9.17, 15) is 0 Å². The highest BCUT2D eigenvalue weighted by molar-refractivity contribution is 5.08. The van der Waals surface area contributed by atoms with Gasteiger partial charge in [-0.05, 0) is 43.4 Å². The standard InChI is InChI=1S/C14H24O/c1-11-5-6-15-14(8-11)9-12(2)7-13(3,4)10-14/h12H,1,5-10H2,2-4H3. The Morgan fingerprint density at radius 2 is 2.07 bits per heavy atom. The minimum atomic E-state index is 0.135. The number of hydrogen-bond acceptors (Lipinski definition) is 1. The third-order valence-corrected chi connectivity index (χ3v) is 3.86. The summed E-state index contributed by atoms with van der Waals surface area (Å²) in [7, 11) is 0. The lowest BCUT2D eigenvalue weighted by atomic mass is 9.63. The van der Waals surface area contributed by atoms with Gasteiger partial charge in [-0.2, -0.15) is 0 Å². The summed E-state index contributed by atoms with van der Waals surface area (Å²) in [6, 6.07) is 0. The van der Waals surface area contributed by atoms with Crippen LogP contribution in [-0.4, -0.2) is 12.2 Å². The molecular weight excluding hydrogens is 184 g/mol. The summed E-state index contributed by atoms with van der Waals surface area (Å²) in [6.07, 6.45) is 5.95. The molecule has 1 heteroatoms. The molecule has 2 atom stereocenters. The number of hydrogen-bond donors (Lipinski definition) is 0. The summed E-state index contributed by atoms with van der Waals surface area (Å²) < 4.78 is 6.12. The van der Waals surface area contributed by atoms with Crippen LogP contribution < -0.4 is 0 Å². The Morgan fingerprint density at radius 1 is 1.33 bits per heavy atom. The van der Waals surface area contributed by atoms with Crippen molar-refractivity contribution in [1.29, 1.82) is 0 Å². The quantitative estimate of drug-likeness (QED) is 0.548. The molecule has 2 fully saturated rings. The van der Waals surface area contributed by atoms with E-state index in [0.717, 1.165) is 25.4 Å². The second-order valence-corrected chi connectivity index (χ2v) is 6.56. The van der Waals surface area contributed by atoms with E-state index in [-0.39, 0.29) is 5.60 Å². The normalized spacial score (nSPS) is 40.7. The lowest BCUT2D eigenvalue weighted by Gasteiger charge is -2.49. The molecule has 1 aliphatic heterocycles. The van der Waals surface area contributed by atoms with Crippen molar-refractivity contribution in [2.75, 3.05) is 6.61 Å². The molecule has 2 rings (SSSR count). The van der Waals surface area contributed by atoms with Crippen LogP contribution in [0.2, 0.25) is 0 Å². The van der Waals surface area contributed by atoms with Crippen LogP contribution in [0.25, 0.3) is 0 Å². The van der Waals surface area contributed by atoms with Gasteiger partial charge in [0.15, 0.2) is 0 Å². The van der Waals surface area contributed by atoms with Gasteiger partial charge in [0.1, 0.15) is 0 Å². The van der Waals surface area contributed by atoms with Crippen LogP contribution in [0.4, 0.5) is 0 Å². The summed E-state index contributed by atoms with van der Waals surface area (Å²) in [5, 5.41) is 0. The first-order valence-electron chi connectivity index (χ1n) is 6.22. The van der Waals surface area contributed by atoms with E-state index in [4.69, 9.17) is 4.74 Å². The van der Waals surface area contributed by atoms with Crippen LogP contribution in [0.5, 0.6) is 0 Å². The molecular formula is C14H24O. The molecule has 86 valence electrons. The third-order valence-electron chi connectivity index (χ3n) is 3.86. The highest BCUT2D eigenvalue weighted by atomic mass is 16.5. The Bertz CT molecular complexity index is 267. The number of ether oxygens (including phenoxy) is 1. The average Bonchev–Trinajstić information content (AvgIpc) is 1.97. The molecule has 0 bridgehead atoms. The zero-order valence-corrected chi connectivity index (χ0v) is 10.4. The predicted octanol–water partition coefficient (Wildman–Crippen LogP) is 3.94. The highest BCUT2D eigenvalue weighted by Crippen LogP contribution is 2.49. The summed E-state index contributed by atoms with van der Waals surface area (Å²) in [5.74, 6) is 0.791. The zero-order valence-electron chi connectivity index (χ0n) is 10.4. The van der Waals surface area contributed by atoms with Crippen LogP contribution in [0.3, 0.4) is 0 Å². The Kier molecular flexibility index (Phi) is 2.70. The molecule has 2 unspecified atom stereocenters. The van der Waals surface area contributed by atoms with E-state index < -0.39 is 0 Å². The fourth-order valence-corrected chi connectivity index (χ4v) is 3.92. The fourth-order valence-electron chi connectivity index (χ4n) is 3.92. The first kappa shape index (κ1) is 11.2. The SMILES string of the molecule is C=C1CCOC2(C1)CC(C)CC(C)(C)C2. The van der Waals surface area contributed by atoms with Crippen molar-refractivity contribution in [1.82, 2.24) is 0 Å². The van der Waals surface area contributed by atoms with E-state index in [0.29, 0.717) is 5.41 Å². The van der Waals surface area contributed by atoms with Crippen LogP contribution in [0, 0.1) is 11.3 Å². The Labute approximate surface area is 93.9 Å². The molecule has 0 radical (unpaired) electrons. The summed E-state index contributed by atoms with van der Waals surface area (Å²) in [5.41, 5.74) is 1.97. The lowest BCUT2D eigenvalue weighted by Crippen LogP contribution is -2.46. The lowest BCUT2D eigenvalue weighted by molar-refractivity contribution is -0.122. The molecule has 0 amide bonds. The maximum Gasteiger partial charge on any atom is 0.0727 e. The minimum absolute atomic E-state index is 0.135. The monoisotopic (exact) mass is 208 g/mol. The molecule has 0 aromatic carbocycles. The first-order chi connectivity index (χ1) is 6.91. The van der Waals surface area contributed by atoms with Crippen molar-refractivity contribution in [2.24, 2.45) is 11.3 Å². The van der Waals surface area contributed by atoms with Crippen LogP contribution >= 0.6 is 0 Å². The highest BCUT2D eigenvalue weighted by Gasteiger charge is 2.45. The first-order valence-corrected chi connectivity index (χ1v) is 6.22. The molecule has 0 aromatic heterocycles. The van der Waals surface area contributed by atoms with E-state index in [1.165, 1.54) is 24.8 Å². The number of rotatable bonds is 0. The van der Waals surface area contributed by atoms with Gasteiger partial charge in [-0.1, -0.05) is 32.9 Å². The molecule has 2 aliphatic rings. The molecule has 1 saturated heterocycles. The van der Waals surface area contributed by atoms with E-state index in [2.05, 4.69) is 27.4 Å². The second kappa shape index (κ2) is 3.62. The smallest absolute Gasteiger partial charge is 0.0727 e. The average molecular weight is 208 g/mol. The molecule has 1 nitrogen and oxygen atoms in total. The van der Waals surface area contributed by atoms with E-state index >= 15 is 0 Å². The van der Waals surface area contributed by atoms with Gasteiger partial charge in [0.25, 0.3) is 0 Å². The van der Waals surface area contributed by atoms with Gasteiger partial charge in [0.2, 0.25) is 0 Å². The molecule has 1 spiro atoms. The van der Waals surface area contributed by atoms with Crippen molar-refractivity contribution < 1.29 is 4.74 Å². The third kappa shape index (κ3) is 2.44. The van der Waals surface area contributed by atoms with Gasteiger partial charge in [-0.15, -0.1) is 0 Å². The predicted molar refractivity (Wildman–Crippen MR) is 63.9 cm³/mol. The van der Waals surface area contributed by atoms with E-state index in [1.807, 2.05) is 0 Å². The maximum absolute atomic E-state index is 6.12. The van der Waals surface area contributed by atoms with Gasteiger partial charge >= 0.3 is 0 Å². The van der Waals surface area contributed by atoms with Crippen molar-refractivity contribution in [2.45, 2.75) is 58.5 Å². The van der Waals surface area contributed by atoms with Crippen molar-refractivity contribution >= 4 is 0 Å². The van der Waals surface area contributed by atoms with Crippen molar-refractivity contribution in [3.05, 3.63) is 12.2 Å². The van der Waals surface area contributed by atoms with Crippen LogP contribution in [0.1, 0.15) is 52.9 Å². The minimum Gasteiger partial charge on any atom is -0.374 e. The maximum atomic E-state index is 6.12. The Hall–Kier alpha value is -0.300. The molecule has 15 heavy (non-hydrogen) atoms. The molecule has 1 heterocycles. The molecule has 0 N–H and O–H groups in total. The summed E-state index contributed by atoms with van der Waals surface area (Å²) >= 11 is 0. The van der Waals surface area contributed by atoms with Gasteiger partial charge in [-0.25, -0.2) is 0 Å². The largest absolute Gasteiger partial charge is 0.374 e. The Morgan fingerprint density at radius 3 is 2.67 bits per heavy atom. The molecule has 0 aromatic rings. The van der Waals surface area contributed by atoms with Crippen molar-refractivity contribution in [3.8, 4) is 0 Å². The van der Waals surface area contributed by atoms with Gasteiger partial charge < -0.3 is 4.74 Å². The summed E-state index contributed by atoms with van der Waals surface area (Å²) in [6.45, 7) is 12.2. The topological polar surface area (TPSA) is 9.23 Å².